The van der Waals surface area contributed by atoms with Gasteiger partial charge < -0.3 is 14.8 Å². The van der Waals surface area contributed by atoms with Crippen molar-refractivity contribution in [2.75, 3.05) is 6.54 Å². The van der Waals surface area contributed by atoms with E-state index in [-0.39, 0.29) is 5.91 Å². The molecule has 17 heavy (non-hydrogen) atoms. The van der Waals surface area contributed by atoms with Crippen LogP contribution in [0.3, 0.4) is 0 Å². The lowest BCUT2D eigenvalue weighted by molar-refractivity contribution is -0.310. The summed E-state index contributed by atoms with van der Waals surface area (Å²) in [6.07, 6.45) is 5.95. The first-order valence-corrected chi connectivity index (χ1v) is 5.61. The summed E-state index contributed by atoms with van der Waals surface area (Å²) in [7, 11) is 0. The Labute approximate surface area is 99.1 Å². The fourth-order valence-corrected chi connectivity index (χ4v) is 2.08. The highest BCUT2D eigenvalue weighted by atomic mass is 16.4. The number of amidine groups is 1. The molecule has 0 saturated heterocycles. The summed E-state index contributed by atoms with van der Waals surface area (Å²) in [5, 5.41) is 11.1. The molecule has 1 unspecified atom stereocenters. The maximum Gasteiger partial charge on any atom is 0.249 e. The van der Waals surface area contributed by atoms with Gasteiger partial charge >= 0.3 is 0 Å². The van der Waals surface area contributed by atoms with Crippen molar-refractivity contribution in [2.45, 2.75) is 19.8 Å². The van der Waals surface area contributed by atoms with Gasteiger partial charge in [-0.3, -0.25) is 4.79 Å². The normalized spacial score (nSPS) is 20.5. The van der Waals surface area contributed by atoms with Crippen LogP contribution in [0, 0.1) is 5.92 Å². The molecule has 0 saturated carbocycles. The molecule has 0 aromatic carbocycles. The molecule has 5 heteroatoms. The van der Waals surface area contributed by atoms with E-state index in [1.807, 2.05) is 0 Å². The Hall–Kier alpha value is -1.91. The van der Waals surface area contributed by atoms with Crippen LogP contribution in [0.4, 0.5) is 0 Å². The smallest absolute Gasteiger partial charge is 0.249 e. The average Bonchev–Trinajstić information content (AvgIpc) is 2.29. The van der Waals surface area contributed by atoms with Crippen molar-refractivity contribution < 1.29 is 14.7 Å². The van der Waals surface area contributed by atoms with E-state index in [4.69, 9.17) is 0 Å². The Morgan fingerprint density at radius 3 is 3.06 bits per heavy atom. The van der Waals surface area contributed by atoms with Gasteiger partial charge in [-0.2, -0.15) is 4.99 Å². The van der Waals surface area contributed by atoms with E-state index in [2.05, 4.69) is 4.99 Å². The van der Waals surface area contributed by atoms with Gasteiger partial charge in [0.2, 0.25) is 5.91 Å². The van der Waals surface area contributed by atoms with Crippen LogP contribution in [0.1, 0.15) is 19.8 Å². The number of carboxylic acid groups (broad SMARTS) is 1. The molecular weight excluding hydrogens is 220 g/mol. The van der Waals surface area contributed by atoms with Crippen molar-refractivity contribution in [2.24, 2.45) is 10.9 Å². The Bertz CT molecular complexity index is 449. The van der Waals surface area contributed by atoms with Gasteiger partial charge in [0, 0.05) is 24.6 Å². The van der Waals surface area contributed by atoms with E-state index in [1.165, 1.54) is 0 Å². The number of aliphatic imine (C=N–C) groups is 1. The summed E-state index contributed by atoms with van der Waals surface area (Å²) >= 11 is 0. The highest BCUT2D eigenvalue weighted by Gasteiger charge is 2.27. The maximum absolute atomic E-state index is 11.2. The largest absolute Gasteiger partial charge is 0.549 e. The van der Waals surface area contributed by atoms with Gasteiger partial charge in [0.05, 0.1) is 5.97 Å². The van der Waals surface area contributed by atoms with E-state index < -0.39 is 11.9 Å². The topological polar surface area (TPSA) is 72.8 Å². The fraction of sp³-hybridized carbons (Fsp3) is 0.417. The van der Waals surface area contributed by atoms with Gasteiger partial charge in [-0.25, -0.2) is 0 Å². The molecule has 2 rings (SSSR count). The van der Waals surface area contributed by atoms with E-state index in [0.717, 1.165) is 0 Å². The molecule has 90 valence electrons. The van der Waals surface area contributed by atoms with Crippen LogP contribution >= 0.6 is 0 Å². The molecule has 0 radical (unpaired) electrons. The zero-order chi connectivity index (χ0) is 12.4. The highest BCUT2D eigenvalue weighted by Crippen LogP contribution is 2.25. The quantitative estimate of drug-likeness (QED) is 0.679. The molecule has 2 aliphatic heterocycles. The number of fused-ring (bicyclic) bond motifs is 1. The number of carbonyl (C=O) groups excluding carboxylic acids is 2. The second-order valence-corrected chi connectivity index (χ2v) is 4.00. The van der Waals surface area contributed by atoms with Crippen molar-refractivity contribution in [3.63, 3.8) is 0 Å². The number of nitrogens with zero attached hydrogens (tertiary/aromatic N) is 2. The van der Waals surface area contributed by atoms with Gasteiger partial charge in [-0.05, 0) is 18.6 Å². The minimum atomic E-state index is -1.09. The molecule has 1 amide bonds. The Morgan fingerprint density at radius 2 is 2.41 bits per heavy atom. The lowest BCUT2D eigenvalue weighted by atomic mass is 9.98. The molecule has 1 atom stereocenters. The molecule has 0 fully saturated rings. The summed E-state index contributed by atoms with van der Waals surface area (Å²) in [6.45, 7) is 2.28. The van der Waals surface area contributed by atoms with Crippen LogP contribution in [-0.2, 0) is 9.59 Å². The van der Waals surface area contributed by atoms with Gasteiger partial charge in [-0.1, -0.05) is 13.0 Å². The van der Waals surface area contributed by atoms with Crippen molar-refractivity contribution in [3.8, 4) is 0 Å². The predicted molar refractivity (Wildman–Crippen MR) is 59.8 cm³/mol. The number of amides is 1. The van der Waals surface area contributed by atoms with Crippen molar-refractivity contribution in [1.29, 1.82) is 0 Å². The molecule has 2 aliphatic rings. The number of aliphatic carboxylic acids is 1. The predicted octanol–water partition coefficient (Wildman–Crippen LogP) is -0.153. The summed E-state index contributed by atoms with van der Waals surface area (Å²) < 4.78 is 0. The Kier molecular flexibility index (Phi) is 3.08. The average molecular weight is 233 g/mol. The third-order valence-corrected chi connectivity index (χ3v) is 2.94. The minimum Gasteiger partial charge on any atom is -0.549 e. The summed E-state index contributed by atoms with van der Waals surface area (Å²) in [4.78, 5) is 27.9. The van der Waals surface area contributed by atoms with Gasteiger partial charge in [0.25, 0.3) is 0 Å². The van der Waals surface area contributed by atoms with E-state index in [9.17, 15) is 14.7 Å². The van der Waals surface area contributed by atoms with Crippen LogP contribution in [-0.4, -0.2) is 29.2 Å². The monoisotopic (exact) mass is 233 g/mol. The number of hydrogen-bond donors (Lipinski definition) is 0. The van der Waals surface area contributed by atoms with Crippen LogP contribution in [0.15, 0.2) is 28.9 Å². The Morgan fingerprint density at radius 1 is 1.65 bits per heavy atom. The standard InChI is InChI=1S/C12H14N2O3/c1-2-8(12(16)17)9-4-3-5-10-13-11(15)6-7-14(9)10/h3-5,8H,2,6-7H2,1H3,(H,16,17)/p-1. The molecule has 0 spiro atoms. The SMILES string of the molecule is CCC(C(=O)[O-])C1=CC=CC2=NC(=O)CCN12. The van der Waals surface area contributed by atoms with E-state index >= 15 is 0 Å². The van der Waals surface area contributed by atoms with Crippen LogP contribution in [0.5, 0.6) is 0 Å². The minimum absolute atomic E-state index is 0.163. The molecule has 2 heterocycles. The van der Waals surface area contributed by atoms with E-state index in [0.29, 0.717) is 30.9 Å². The molecule has 0 bridgehead atoms. The van der Waals surface area contributed by atoms with Gasteiger partial charge in [-0.15, -0.1) is 0 Å². The summed E-state index contributed by atoms with van der Waals surface area (Å²) in [5.41, 5.74) is 0.654. The second-order valence-electron chi connectivity index (χ2n) is 4.00. The summed E-state index contributed by atoms with van der Waals surface area (Å²) in [6, 6.07) is 0. The zero-order valence-electron chi connectivity index (χ0n) is 9.55. The molecule has 5 nitrogen and oxygen atoms in total. The number of carbonyl (C=O) groups is 2. The number of rotatable bonds is 3. The first-order chi connectivity index (χ1) is 8.13. The molecule has 0 aliphatic carbocycles. The molecule has 0 aromatic rings. The third-order valence-electron chi connectivity index (χ3n) is 2.94. The number of hydrogen-bond acceptors (Lipinski definition) is 4. The van der Waals surface area contributed by atoms with Crippen LogP contribution in [0.25, 0.3) is 0 Å². The first-order valence-electron chi connectivity index (χ1n) is 5.61. The summed E-state index contributed by atoms with van der Waals surface area (Å²) in [5.74, 6) is -1.38. The molecule has 0 N–H and O–H groups in total. The zero-order valence-corrected chi connectivity index (χ0v) is 9.55. The second kappa shape index (κ2) is 4.53. The lowest BCUT2D eigenvalue weighted by Crippen LogP contribution is -2.43. The van der Waals surface area contributed by atoms with Crippen LogP contribution < -0.4 is 5.11 Å². The fourth-order valence-electron chi connectivity index (χ4n) is 2.08. The highest BCUT2D eigenvalue weighted by molar-refractivity contribution is 6.04. The van der Waals surface area contributed by atoms with Gasteiger partial charge in [0.15, 0.2) is 0 Å². The van der Waals surface area contributed by atoms with Crippen molar-refractivity contribution >= 4 is 17.7 Å². The van der Waals surface area contributed by atoms with Gasteiger partial charge in [0.1, 0.15) is 5.84 Å². The maximum atomic E-state index is 11.2. The Balaban J connectivity index is 2.33. The third kappa shape index (κ3) is 2.13. The number of allylic oxidation sites excluding steroid dienone is 2. The van der Waals surface area contributed by atoms with Crippen LogP contribution in [0.2, 0.25) is 0 Å². The van der Waals surface area contributed by atoms with E-state index in [1.54, 1.807) is 30.1 Å². The van der Waals surface area contributed by atoms with Crippen molar-refractivity contribution in [1.82, 2.24) is 4.90 Å². The van der Waals surface area contributed by atoms with Crippen molar-refractivity contribution in [3.05, 3.63) is 23.9 Å². The molecular formula is C12H13N2O3-. The number of carboxylic acids is 1. The first kappa shape index (κ1) is 11.6. The lowest BCUT2D eigenvalue weighted by Gasteiger charge is -2.35. The molecule has 0 aromatic heterocycles.